The van der Waals surface area contributed by atoms with E-state index in [2.05, 4.69) is 0 Å². The molecular formula is C6H18N2O6. The lowest BCUT2D eigenvalue weighted by Gasteiger charge is -2.20. The van der Waals surface area contributed by atoms with Crippen molar-refractivity contribution >= 4 is 0 Å². The molecule has 0 spiro atoms. The van der Waals surface area contributed by atoms with Gasteiger partial charge >= 0.3 is 6.10 Å². The third-order valence-electron chi connectivity index (χ3n) is 1.28. The molecule has 0 radical (unpaired) electrons. The molecule has 88 valence electrons. The molecule has 0 bridgehead atoms. The van der Waals surface area contributed by atoms with Crippen LogP contribution in [0.3, 0.4) is 0 Å². The van der Waals surface area contributed by atoms with Crippen molar-refractivity contribution in [3.05, 3.63) is 0 Å². The summed E-state index contributed by atoms with van der Waals surface area (Å²) in [7, 11) is 1.21. The predicted octanol–water partition coefficient (Wildman–Crippen LogP) is -4.55. The maximum Gasteiger partial charge on any atom is 0.342 e. The van der Waals surface area contributed by atoms with Gasteiger partial charge in [0.25, 0.3) is 0 Å². The first-order chi connectivity index (χ1) is 6.24. The number of nitrogens with two attached hydrogens (primary N) is 1. The van der Waals surface area contributed by atoms with E-state index in [-0.39, 0.29) is 0 Å². The van der Waals surface area contributed by atoms with E-state index in [9.17, 15) is 0 Å². The molecule has 0 unspecified atom stereocenters. The molecule has 0 aromatic carbocycles. The lowest BCUT2D eigenvalue weighted by Crippen LogP contribution is -2.50. The maximum atomic E-state index is 8.34. The summed E-state index contributed by atoms with van der Waals surface area (Å²) < 4.78 is 0. The molecule has 0 atom stereocenters. The van der Waals surface area contributed by atoms with Gasteiger partial charge in [0.2, 0.25) is 0 Å². The van der Waals surface area contributed by atoms with Gasteiger partial charge in [-0.15, -0.1) is 0 Å². The number of hydrogen-bond donors (Lipinski definition) is 8. The lowest BCUT2D eigenvalue weighted by atomic mass is 10.1. The predicted molar refractivity (Wildman–Crippen MR) is 46.6 cm³/mol. The third kappa shape index (κ3) is 9.77. The number of nitrogens with one attached hydrogen (secondary N) is 1. The molecule has 0 fully saturated rings. The van der Waals surface area contributed by atoms with Crippen LogP contribution in [0.2, 0.25) is 0 Å². The van der Waals surface area contributed by atoms with Crippen molar-refractivity contribution in [1.82, 2.24) is 5.32 Å². The summed E-state index contributed by atoms with van der Waals surface area (Å²) in [4.78, 5) is 0. The smallest absolute Gasteiger partial charge is 0.342 e. The summed E-state index contributed by atoms with van der Waals surface area (Å²) in [5, 5.41) is 50.3. The van der Waals surface area contributed by atoms with E-state index < -0.39 is 31.5 Å². The van der Waals surface area contributed by atoms with Crippen molar-refractivity contribution < 1.29 is 30.6 Å². The van der Waals surface area contributed by atoms with Crippen LogP contribution in [0.25, 0.3) is 0 Å². The number of aliphatic hydroxyl groups is 6. The summed E-state index contributed by atoms with van der Waals surface area (Å²) in [5.74, 6) is 0. The van der Waals surface area contributed by atoms with Gasteiger partial charge in [-0.3, -0.25) is 0 Å². The molecule has 14 heavy (non-hydrogen) atoms. The molecule has 0 aromatic rings. The van der Waals surface area contributed by atoms with Crippen LogP contribution in [0.5, 0.6) is 0 Å². The molecule has 0 saturated heterocycles. The topological polar surface area (TPSA) is 159 Å². The number of aliphatic hydroxyl groups excluding tert-OH is 3. The monoisotopic (exact) mass is 214 g/mol. The molecule has 8 heteroatoms. The molecule has 0 aliphatic rings. The Morgan fingerprint density at radius 3 is 1.21 bits per heavy atom. The zero-order valence-corrected chi connectivity index (χ0v) is 7.88. The summed E-state index contributed by atoms with van der Waals surface area (Å²) in [6, 6.07) is 0. The first kappa shape index (κ1) is 16.1. The van der Waals surface area contributed by atoms with Crippen LogP contribution in [-0.4, -0.2) is 69.1 Å². The molecule has 0 heterocycles. The fourth-order valence-electron chi connectivity index (χ4n) is 0.150. The Labute approximate surface area is 81.2 Å². The minimum atomic E-state index is -2.71. The highest BCUT2D eigenvalue weighted by molar-refractivity contribution is 4.80. The number of rotatable bonds is 4. The van der Waals surface area contributed by atoms with Gasteiger partial charge < -0.3 is 36.4 Å². The van der Waals surface area contributed by atoms with Gasteiger partial charge in [0.15, 0.2) is 0 Å². The van der Waals surface area contributed by atoms with Crippen LogP contribution in [-0.2, 0) is 0 Å². The first-order valence-corrected chi connectivity index (χ1v) is 3.72. The van der Waals surface area contributed by atoms with E-state index in [1.165, 1.54) is 7.05 Å². The van der Waals surface area contributed by atoms with Gasteiger partial charge in [0.05, 0.1) is 25.4 Å². The Kier molecular flexibility index (Phi) is 8.10. The molecule has 0 rings (SSSR count). The van der Waals surface area contributed by atoms with E-state index in [1.54, 1.807) is 5.32 Å². The van der Waals surface area contributed by atoms with Gasteiger partial charge in [0, 0.05) is 0 Å². The average molecular weight is 214 g/mol. The van der Waals surface area contributed by atoms with Gasteiger partial charge in [-0.2, -0.15) is 0 Å². The molecule has 0 saturated carbocycles. The lowest BCUT2D eigenvalue weighted by molar-refractivity contribution is -0.328. The highest BCUT2D eigenvalue weighted by Crippen LogP contribution is 1.93. The van der Waals surface area contributed by atoms with Crippen LogP contribution in [0.15, 0.2) is 0 Å². The second kappa shape index (κ2) is 7.04. The highest BCUT2D eigenvalue weighted by atomic mass is 16.7. The van der Waals surface area contributed by atoms with Crippen LogP contribution >= 0.6 is 0 Å². The summed E-state index contributed by atoms with van der Waals surface area (Å²) in [6.07, 6.45) is -2.71. The van der Waals surface area contributed by atoms with Crippen molar-refractivity contribution in [2.75, 3.05) is 26.9 Å². The van der Waals surface area contributed by atoms with Crippen molar-refractivity contribution in [3.8, 4) is 0 Å². The van der Waals surface area contributed by atoms with Gasteiger partial charge in [-0.1, -0.05) is 0 Å². The zero-order chi connectivity index (χ0) is 11.8. The van der Waals surface area contributed by atoms with Crippen molar-refractivity contribution in [3.63, 3.8) is 0 Å². The second-order valence-electron chi connectivity index (χ2n) is 2.72. The Hall–Kier alpha value is -0.320. The Bertz CT molecular complexity index is 125. The van der Waals surface area contributed by atoms with E-state index in [0.29, 0.717) is 0 Å². The third-order valence-corrected chi connectivity index (χ3v) is 1.28. The van der Waals surface area contributed by atoms with Crippen molar-refractivity contribution in [1.29, 1.82) is 0 Å². The molecular weight excluding hydrogens is 196 g/mol. The molecule has 9 N–H and O–H groups in total. The normalized spacial score (nSPS) is 12.0. The Morgan fingerprint density at radius 1 is 1.00 bits per heavy atom. The standard InChI is InChI=1S/C4H11NO3.C2H7NO3/c5-4(1-6,2-7)3-8;1-3-2(4,5)6/h6-8H,1-3,5H2;3-6H,1H3. The van der Waals surface area contributed by atoms with E-state index in [1.807, 2.05) is 0 Å². The van der Waals surface area contributed by atoms with Gasteiger partial charge in [0.1, 0.15) is 0 Å². The largest absolute Gasteiger partial charge is 0.394 e. The Morgan fingerprint density at radius 2 is 1.21 bits per heavy atom. The van der Waals surface area contributed by atoms with Crippen LogP contribution in [0.1, 0.15) is 0 Å². The van der Waals surface area contributed by atoms with Crippen LogP contribution in [0, 0.1) is 0 Å². The fraction of sp³-hybridized carbons (Fsp3) is 1.00. The summed E-state index contributed by atoms with van der Waals surface area (Å²) in [5.41, 5.74) is 3.94. The Balaban J connectivity index is 0. The minimum Gasteiger partial charge on any atom is -0.394 e. The second-order valence-corrected chi connectivity index (χ2v) is 2.72. The summed E-state index contributed by atoms with van der Waals surface area (Å²) >= 11 is 0. The molecule has 8 nitrogen and oxygen atoms in total. The average Bonchev–Trinajstić information content (AvgIpc) is 2.16. The van der Waals surface area contributed by atoms with Crippen molar-refractivity contribution in [2.45, 2.75) is 11.6 Å². The molecule has 0 aliphatic heterocycles. The molecule has 0 aromatic heterocycles. The summed E-state index contributed by atoms with van der Waals surface area (Å²) in [6.45, 7) is -1.21. The molecule has 0 aliphatic carbocycles. The first-order valence-electron chi connectivity index (χ1n) is 3.72. The van der Waals surface area contributed by atoms with Gasteiger partial charge in [-0.25, -0.2) is 5.32 Å². The SMILES string of the molecule is CNC(O)(O)O.NC(CO)(CO)CO. The van der Waals surface area contributed by atoms with Crippen LogP contribution in [0.4, 0.5) is 0 Å². The van der Waals surface area contributed by atoms with E-state index in [4.69, 9.17) is 36.4 Å². The minimum absolute atomic E-state index is 0.403. The van der Waals surface area contributed by atoms with E-state index in [0.717, 1.165) is 0 Å². The maximum absolute atomic E-state index is 8.34. The highest BCUT2D eigenvalue weighted by Gasteiger charge is 2.20. The molecule has 0 amide bonds. The number of hydrogen-bond acceptors (Lipinski definition) is 8. The quantitative estimate of drug-likeness (QED) is 0.217. The fourth-order valence-corrected chi connectivity index (χ4v) is 0.150. The van der Waals surface area contributed by atoms with E-state index >= 15 is 0 Å². The van der Waals surface area contributed by atoms with Crippen LogP contribution < -0.4 is 11.1 Å². The van der Waals surface area contributed by atoms with Crippen molar-refractivity contribution in [2.24, 2.45) is 5.73 Å². The van der Waals surface area contributed by atoms with Gasteiger partial charge in [-0.05, 0) is 7.05 Å². The zero-order valence-electron chi connectivity index (χ0n) is 7.88.